The summed E-state index contributed by atoms with van der Waals surface area (Å²) < 4.78 is 27.2. The van der Waals surface area contributed by atoms with Crippen molar-refractivity contribution in [1.29, 1.82) is 0 Å². The number of aromatic nitrogens is 4. The van der Waals surface area contributed by atoms with Crippen LogP contribution in [0.15, 0.2) is 55.0 Å². The number of carbonyl (C=O) groups excluding carboxylic acids is 3. The van der Waals surface area contributed by atoms with E-state index < -0.39 is 42.0 Å². The molecule has 2 amide bonds. The van der Waals surface area contributed by atoms with Crippen molar-refractivity contribution < 1.29 is 33.1 Å². The first-order valence-corrected chi connectivity index (χ1v) is 12.7. The van der Waals surface area contributed by atoms with Gasteiger partial charge in [-0.3, -0.25) is 29.8 Å². The number of nitrogens with one attached hydrogen (secondary N) is 1. The van der Waals surface area contributed by atoms with E-state index in [1.54, 1.807) is 41.2 Å². The number of benzene rings is 1. The molecule has 2 aliphatic rings. The van der Waals surface area contributed by atoms with Crippen LogP contribution >= 0.6 is 0 Å². The van der Waals surface area contributed by atoms with E-state index in [9.17, 15) is 14.4 Å². The van der Waals surface area contributed by atoms with Gasteiger partial charge in [-0.15, -0.1) is 5.10 Å². The largest absolute Gasteiger partial charge is 0.461 e. The second-order valence-electron chi connectivity index (χ2n) is 9.42. The van der Waals surface area contributed by atoms with Gasteiger partial charge < -0.3 is 20.9 Å². The lowest BCUT2D eigenvalue weighted by molar-refractivity contribution is -0.149. The van der Waals surface area contributed by atoms with Crippen LogP contribution in [0, 0.1) is 5.82 Å². The number of hydrogen-bond donors (Lipinski definition) is 3. The molecule has 4 heterocycles. The Morgan fingerprint density at radius 1 is 1.27 bits per heavy atom. The molecule has 0 saturated carbocycles. The first-order chi connectivity index (χ1) is 19.8. The summed E-state index contributed by atoms with van der Waals surface area (Å²) in [7, 11) is 0. The normalized spacial score (nSPS) is 18.9. The van der Waals surface area contributed by atoms with E-state index in [0.29, 0.717) is 34.8 Å². The molecule has 0 unspecified atom stereocenters. The van der Waals surface area contributed by atoms with Crippen molar-refractivity contribution in [1.82, 2.24) is 25.5 Å². The molecular formula is C26H27FN8O6. The Morgan fingerprint density at radius 3 is 2.83 bits per heavy atom. The quantitative estimate of drug-likeness (QED) is 0.279. The van der Waals surface area contributed by atoms with Crippen molar-refractivity contribution in [2.45, 2.75) is 37.6 Å². The van der Waals surface area contributed by atoms with Gasteiger partial charge in [-0.25, -0.2) is 13.9 Å². The Labute approximate surface area is 233 Å². The maximum absolute atomic E-state index is 15.1. The van der Waals surface area contributed by atoms with Crippen LogP contribution in [0.1, 0.15) is 18.5 Å². The molecule has 0 aliphatic carbocycles. The zero-order valence-electron chi connectivity index (χ0n) is 21.7. The molecule has 5 rings (SSSR count). The molecule has 3 aromatic rings. The summed E-state index contributed by atoms with van der Waals surface area (Å²) in [6.07, 6.45) is 4.88. The highest BCUT2D eigenvalue weighted by atomic mass is 19.1. The number of hydroxylamine groups is 1. The van der Waals surface area contributed by atoms with Crippen LogP contribution in [0.4, 0.5) is 14.9 Å². The minimum atomic E-state index is -0.963. The predicted molar refractivity (Wildman–Crippen MR) is 141 cm³/mol. The Balaban J connectivity index is 1.18. The van der Waals surface area contributed by atoms with Crippen LogP contribution < -0.4 is 21.8 Å². The van der Waals surface area contributed by atoms with Crippen LogP contribution in [0.5, 0.6) is 0 Å². The Bertz CT molecular complexity index is 1450. The van der Waals surface area contributed by atoms with Crippen molar-refractivity contribution in [3.63, 3.8) is 0 Å². The number of nitrogens with zero attached hydrogens (tertiary/aromatic N) is 5. The molecule has 14 nitrogen and oxygen atoms in total. The van der Waals surface area contributed by atoms with Crippen LogP contribution in [-0.4, -0.2) is 69.3 Å². The molecule has 1 saturated heterocycles. The molecule has 3 atom stereocenters. The zero-order chi connectivity index (χ0) is 28.9. The van der Waals surface area contributed by atoms with Crippen LogP contribution in [0.25, 0.3) is 16.8 Å². The van der Waals surface area contributed by atoms with E-state index in [1.807, 2.05) is 0 Å². The first-order valence-electron chi connectivity index (χ1n) is 12.7. The van der Waals surface area contributed by atoms with E-state index in [4.69, 9.17) is 25.8 Å². The number of esters is 1. The highest BCUT2D eigenvalue weighted by molar-refractivity contribution is 5.90. The third-order valence-electron chi connectivity index (χ3n) is 6.42. The van der Waals surface area contributed by atoms with Crippen molar-refractivity contribution in [3.8, 4) is 11.1 Å². The second kappa shape index (κ2) is 12.1. The summed E-state index contributed by atoms with van der Waals surface area (Å²) in [5.74, 6) is -1.74. The number of primary amides is 1. The topological polar surface area (TPSA) is 190 Å². The Kier molecular flexibility index (Phi) is 8.16. The highest BCUT2D eigenvalue weighted by Crippen LogP contribution is 2.30. The second-order valence-corrected chi connectivity index (χ2v) is 9.42. The molecular weight excluding hydrogens is 539 g/mol. The Hall–Kier alpha value is -4.89. The van der Waals surface area contributed by atoms with Gasteiger partial charge in [0, 0.05) is 29.9 Å². The van der Waals surface area contributed by atoms with E-state index in [2.05, 4.69) is 20.8 Å². The number of anilines is 1. The average Bonchev–Trinajstić information content (AvgIpc) is 3.72. The number of amides is 2. The van der Waals surface area contributed by atoms with Crippen molar-refractivity contribution in [3.05, 3.63) is 66.5 Å². The molecule has 0 bridgehead atoms. The standard InChI is InChI=1S/C26H27FN8O6/c27-20-9-16(35-13-18(40-26(35)38)12-34-8-7-31-33-34)2-3-19(20)15-1-5-22(30-11-15)23-10-17(41-32-23)14-39-25(37)21(28)4-6-24(29)36/h1-3,5,7-11,17-18,21,32H,4,6,12-14,28H2,(H2,29,36)/t17-,18-,21-/m0/s1. The fraction of sp³-hybridized carbons (Fsp3) is 0.308. The highest BCUT2D eigenvalue weighted by Gasteiger charge is 2.33. The predicted octanol–water partition coefficient (Wildman–Crippen LogP) is 0.885. The maximum Gasteiger partial charge on any atom is 0.414 e. The van der Waals surface area contributed by atoms with E-state index >= 15 is 4.39 Å². The van der Waals surface area contributed by atoms with Gasteiger partial charge in [-0.1, -0.05) is 11.3 Å². The monoisotopic (exact) mass is 566 g/mol. The molecule has 1 aromatic carbocycles. The van der Waals surface area contributed by atoms with Crippen LogP contribution in [0.3, 0.4) is 0 Å². The number of cyclic esters (lactones) is 1. The molecule has 2 aliphatic heterocycles. The molecule has 41 heavy (non-hydrogen) atoms. The number of carbonyl (C=O) groups is 3. The van der Waals surface area contributed by atoms with Gasteiger partial charge in [0.2, 0.25) is 5.91 Å². The maximum atomic E-state index is 15.1. The molecule has 15 heteroatoms. The molecule has 0 radical (unpaired) electrons. The van der Waals surface area contributed by atoms with Crippen molar-refractivity contribution >= 4 is 29.4 Å². The number of halogens is 1. The third-order valence-corrected chi connectivity index (χ3v) is 6.42. The molecule has 0 spiro atoms. The summed E-state index contributed by atoms with van der Waals surface area (Å²) in [6.45, 7) is 0.497. The molecule has 1 fully saturated rings. The summed E-state index contributed by atoms with van der Waals surface area (Å²) >= 11 is 0. The number of ether oxygens (including phenoxy) is 2. The minimum Gasteiger partial charge on any atom is -0.461 e. The summed E-state index contributed by atoms with van der Waals surface area (Å²) in [4.78, 5) is 46.4. The first kappa shape index (κ1) is 27.7. The van der Waals surface area contributed by atoms with Gasteiger partial charge in [0.15, 0.2) is 0 Å². The van der Waals surface area contributed by atoms with Gasteiger partial charge in [-0.05, 0) is 36.8 Å². The van der Waals surface area contributed by atoms with Gasteiger partial charge in [0.05, 0.1) is 36.4 Å². The van der Waals surface area contributed by atoms with Gasteiger partial charge >= 0.3 is 12.1 Å². The fourth-order valence-corrected chi connectivity index (χ4v) is 4.28. The van der Waals surface area contributed by atoms with Crippen molar-refractivity contribution in [2.75, 3.05) is 18.1 Å². The smallest absolute Gasteiger partial charge is 0.414 e. The summed E-state index contributed by atoms with van der Waals surface area (Å²) in [5, 5.41) is 7.60. The fourth-order valence-electron chi connectivity index (χ4n) is 4.28. The van der Waals surface area contributed by atoms with Crippen LogP contribution in [-0.2, 0) is 30.4 Å². The lowest BCUT2D eigenvalue weighted by Gasteiger charge is -2.14. The van der Waals surface area contributed by atoms with Gasteiger partial charge in [0.25, 0.3) is 0 Å². The number of rotatable bonds is 11. The van der Waals surface area contributed by atoms with Gasteiger partial charge in [-0.2, -0.15) is 0 Å². The molecule has 5 N–H and O–H groups in total. The van der Waals surface area contributed by atoms with E-state index in [1.165, 1.54) is 23.4 Å². The molecule has 2 aromatic heterocycles. The Morgan fingerprint density at radius 2 is 2.12 bits per heavy atom. The van der Waals surface area contributed by atoms with Crippen LogP contribution in [0.2, 0.25) is 0 Å². The van der Waals surface area contributed by atoms with Crippen molar-refractivity contribution in [2.24, 2.45) is 11.5 Å². The number of pyridine rings is 1. The summed E-state index contributed by atoms with van der Waals surface area (Å²) in [5.41, 5.74) is 15.8. The minimum absolute atomic E-state index is 0.0172. The SMILES string of the molecule is NC(=O)CC[C@H](N)C(=O)OC[C@@H]1C=C(c2ccc(-c3ccc(N4C[C@H](Cn5ccnn5)OC4=O)cc3F)cn2)NO1. The average molecular weight is 567 g/mol. The number of hydrogen-bond acceptors (Lipinski definition) is 11. The molecule has 214 valence electrons. The van der Waals surface area contributed by atoms with E-state index in [0.717, 1.165) is 0 Å². The lowest BCUT2D eigenvalue weighted by atomic mass is 10.1. The summed E-state index contributed by atoms with van der Waals surface area (Å²) in [6, 6.07) is 6.93. The number of nitrogens with two attached hydrogens (primary N) is 2. The van der Waals surface area contributed by atoms with E-state index in [-0.39, 0.29) is 26.0 Å². The van der Waals surface area contributed by atoms with Gasteiger partial charge in [0.1, 0.15) is 30.7 Å². The lowest BCUT2D eigenvalue weighted by Crippen LogP contribution is -2.35. The zero-order valence-corrected chi connectivity index (χ0v) is 21.7. The third kappa shape index (κ3) is 6.64.